The Labute approximate surface area is 83.9 Å². The summed E-state index contributed by atoms with van der Waals surface area (Å²) in [6.07, 6.45) is 1.34. The summed E-state index contributed by atoms with van der Waals surface area (Å²) in [4.78, 5) is 24.3. The van der Waals surface area contributed by atoms with Crippen LogP contribution in [0.15, 0.2) is 0 Å². The number of nitrogens with zero attached hydrogens (tertiary/aromatic N) is 1. The van der Waals surface area contributed by atoms with Crippen LogP contribution in [0.4, 0.5) is 0 Å². The number of likely N-dealkylation sites (tertiary alicyclic amines) is 1. The number of aliphatic carboxylic acids is 1. The zero-order valence-electron chi connectivity index (χ0n) is 8.91. The van der Waals surface area contributed by atoms with E-state index in [9.17, 15) is 9.59 Å². The van der Waals surface area contributed by atoms with E-state index in [2.05, 4.69) is 0 Å². The molecule has 0 saturated carbocycles. The van der Waals surface area contributed by atoms with Gasteiger partial charge in [0.2, 0.25) is 5.91 Å². The molecule has 0 bridgehead atoms. The molecule has 1 atom stereocenters. The van der Waals surface area contributed by atoms with Crippen molar-refractivity contribution in [2.75, 3.05) is 6.54 Å². The summed E-state index contributed by atoms with van der Waals surface area (Å²) in [7, 11) is 0. The normalized spacial score (nSPS) is 27.0. The molecular formula is C10H17NO3. The Morgan fingerprint density at radius 2 is 2.00 bits per heavy atom. The second-order valence-corrected chi connectivity index (χ2v) is 4.33. The molecule has 0 unspecified atom stereocenters. The lowest BCUT2D eigenvalue weighted by Crippen LogP contribution is -2.52. The van der Waals surface area contributed by atoms with E-state index < -0.39 is 11.5 Å². The lowest BCUT2D eigenvalue weighted by Gasteiger charge is -2.32. The first-order chi connectivity index (χ1) is 6.39. The van der Waals surface area contributed by atoms with Crippen LogP contribution < -0.4 is 0 Å². The molecule has 0 aromatic carbocycles. The summed E-state index contributed by atoms with van der Waals surface area (Å²) in [6, 6.07) is 0. The number of carbonyl (C=O) groups is 2. The van der Waals surface area contributed by atoms with Crippen molar-refractivity contribution in [3.8, 4) is 0 Å². The van der Waals surface area contributed by atoms with Gasteiger partial charge in [0.15, 0.2) is 0 Å². The van der Waals surface area contributed by atoms with E-state index in [1.165, 1.54) is 4.90 Å². The topological polar surface area (TPSA) is 57.6 Å². The highest BCUT2D eigenvalue weighted by Gasteiger charge is 2.46. The maximum Gasteiger partial charge on any atom is 0.329 e. The van der Waals surface area contributed by atoms with Crippen LogP contribution in [0.25, 0.3) is 0 Å². The van der Waals surface area contributed by atoms with Crippen molar-refractivity contribution >= 4 is 11.9 Å². The lowest BCUT2D eigenvalue weighted by atomic mass is 9.98. The highest BCUT2D eigenvalue weighted by Crippen LogP contribution is 2.30. The highest BCUT2D eigenvalue weighted by atomic mass is 16.4. The molecule has 0 aromatic rings. The summed E-state index contributed by atoms with van der Waals surface area (Å²) in [6.45, 7) is 5.79. The fourth-order valence-corrected chi connectivity index (χ4v) is 1.85. The first-order valence-corrected chi connectivity index (χ1v) is 4.94. The molecule has 0 spiro atoms. The average Bonchev–Trinajstić information content (AvgIpc) is 2.47. The maximum atomic E-state index is 11.7. The molecule has 1 heterocycles. The Bertz CT molecular complexity index is 262. The fraction of sp³-hybridized carbons (Fsp3) is 0.800. The molecule has 1 fully saturated rings. The van der Waals surface area contributed by atoms with Crippen LogP contribution in [0.3, 0.4) is 0 Å². The van der Waals surface area contributed by atoms with Crippen molar-refractivity contribution in [1.82, 2.24) is 4.90 Å². The molecule has 1 aliphatic rings. The van der Waals surface area contributed by atoms with Crippen molar-refractivity contribution in [3.05, 3.63) is 0 Å². The molecule has 1 aliphatic heterocycles. The van der Waals surface area contributed by atoms with Crippen LogP contribution in [0, 0.1) is 5.92 Å². The molecule has 0 radical (unpaired) electrons. The van der Waals surface area contributed by atoms with Gasteiger partial charge in [-0.3, -0.25) is 4.79 Å². The zero-order valence-corrected chi connectivity index (χ0v) is 8.91. The van der Waals surface area contributed by atoms with E-state index in [-0.39, 0.29) is 11.8 Å². The molecule has 80 valence electrons. The number of rotatable bonds is 2. The molecule has 1 rings (SSSR count). The maximum absolute atomic E-state index is 11.7. The van der Waals surface area contributed by atoms with Gasteiger partial charge in [-0.25, -0.2) is 4.79 Å². The van der Waals surface area contributed by atoms with Crippen LogP contribution in [-0.4, -0.2) is 34.0 Å². The molecule has 14 heavy (non-hydrogen) atoms. The van der Waals surface area contributed by atoms with Crippen LogP contribution in [0.5, 0.6) is 0 Å². The van der Waals surface area contributed by atoms with E-state index in [0.717, 1.165) is 6.42 Å². The van der Waals surface area contributed by atoms with Gasteiger partial charge < -0.3 is 10.0 Å². The van der Waals surface area contributed by atoms with Gasteiger partial charge in [-0.15, -0.1) is 0 Å². The van der Waals surface area contributed by atoms with Crippen molar-refractivity contribution in [2.45, 2.75) is 39.2 Å². The summed E-state index contributed by atoms with van der Waals surface area (Å²) in [5, 5.41) is 9.08. The molecule has 0 aromatic heterocycles. The smallest absolute Gasteiger partial charge is 0.329 e. The Hall–Kier alpha value is -1.06. The second-order valence-electron chi connectivity index (χ2n) is 4.33. The summed E-state index contributed by atoms with van der Waals surface area (Å²) in [5.74, 6) is -1.09. The van der Waals surface area contributed by atoms with Crippen molar-refractivity contribution in [3.63, 3.8) is 0 Å². The van der Waals surface area contributed by atoms with Crippen molar-refractivity contribution in [2.24, 2.45) is 5.92 Å². The van der Waals surface area contributed by atoms with E-state index in [4.69, 9.17) is 5.11 Å². The molecule has 1 N–H and O–H groups in total. The summed E-state index contributed by atoms with van der Waals surface area (Å²) in [5.41, 5.74) is -0.985. The minimum absolute atomic E-state index is 0.0626. The standard InChI is InChI=1S/C10H17NO3/c1-7(2)8(12)11-6-4-5-10(11,3)9(13)14/h7H,4-6H2,1-3H3,(H,13,14)/t10-/m0/s1. The van der Waals surface area contributed by atoms with Crippen molar-refractivity contribution in [1.29, 1.82) is 0 Å². The predicted octanol–water partition coefficient (Wildman–Crippen LogP) is 1.11. The Morgan fingerprint density at radius 1 is 1.43 bits per heavy atom. The number of carbonyl (C=O) groups excluding carboxylic acids is 1. The number of hydrogen-bond donors (Lipinski definition) is 1. The fourth-order valence-electron chi connectivity index (χ4n) is 1.85. The van der Waals surface area contributed by atoms with Gasteiger partial charge >= 0.3 is 5.97 Å². The number of carboxylic acids is 1. The molecule has 0 aliphatic carbocycles. The number of hydrogen-bond acceptors (Lipinski definition) is 2. The zero-order chi connectivity index (χ0) is 10.9. The minimum Gasteiger partial charge on any atom is -0.480 e. The molecule has 4 heteroatoms. The van der Waals surface area contributed by atoms with Gasteiger partial charge in [-0.1, -0.05) is 13.8 Å². The van der Waals surface area contributed by atoms with E-state index in [0.29, 0.717) is 13.0 Å². The second kappa shape index (κ2) is 3.59. The molecule has 1 amide bonds. The Kier molecular flexibility index (Phi) is 2.83. The van der Waals surface area contributed by atoms with Gasteiger partial charge in [0.05, 0.1) is 0 Å². The molecule has 4 nitrogen and oxygen atoms in total. The highest BCUT2D eigenvalue weighted by molar-refractivity contribution is 5.88. The lowest BCUT2D eigenvalue weighted by molar-refractivity contribution is -0.156. The van der Waals surface area contributed by atoms with Crippen LogP contribution >= 0.6 is 0 Å². The largest absolute Gasteiger partial charge is 0.480 e. The molecule has 1 saturated heterocycles. The van der Waals surface area contributed by atoms with E-state index >= 15 is 0 Å². The average molecular weight is 199 g/mol. The van der Waals surface area contributed by atoms with Gasteiger partial charge in [0.1, 0.15) is 5.54 Å². The quantitative estimate of drug-likeness (QED) is 0.724. The SMILES string of the molecule is CC(C)C(=O)N1CCC[C@@]1(C)C(=O)O. The van der Waals surface area contributed by atoms with Gasteiger partial charge in [-0.2, -0.15) is 0 Å². The summed E-state index contributed by atoms with van der Waals surface area (Å²) >= 11 is 0. The first kappa shape index (κ1) is 11.0. The number of carboxylic acid groups (broad SMARTS) is 1. The Balaban J connectivity index is 2.89. The minimum atomic E-state index is -0.985. The van der Waals surface area contributed by atoms with E-state index in [1.807, 2.05) is 0 Å². The predicted molar refractivity (Wildman–Crippen MR) is 51.8 cm³/mol. The van der Waals surface area contributed by atoms with Crippen LogP contribution in [0.1, 0.15) is 33.6 Å². The van der Waals surface area contributed by atoms with Crippen molar-refractivity contribution < 1.29 is 14.7 Å². The monoisotopic (exact) mass is 199 g/mol. The third-order valence-corrected chi connectivity index (χ3v) is 2.86. The summed E-state index contributed by atoms with van der Waals surface area (Å²) < 4.78 is 0. The third-order valence-electron chi connectivity index (χ3n) is 2.86. The van der Waals surface area contributed by atoms with Gasteiger partial charge in [0, 0.05) is 12.5 Å². The van der Waals surface area contributed by atoms with Gasteiger partial charge in [-0.05, 0) is 19.8 Å². The molecular weight excluding hydrogens is 182 g/mol. The van der Waals surface area contributed by atoms with Crippen LogP contribution in [-0.2, 0) is 9.59 Å². The third kappa shape index (κ3) is 1.61. The van der Waals surface area contributed by atoms with Crippen LogP contribution in [0.2, 0.25) is 0 Å². The first-order valence-electron chi connectivity index (χ1n) is 4.94. The van der Waals surface area contributed by atoms with Gasteiger partial charge in [0.25, 0.3) is 0 Å². The number of amides is 1. The Morgan fingerprint density at radius 3 is 2.43 bits per heavy atom. The van der Waals surface area contributed by atoms with E-state index in [1.54, 1.807) is 20.8 Å².